The second-order valence-corrected chi connectivity index (χ2v) is 5.18. The highest BCUT2D eigenvalue weighted by molar-refractivity contribution is 5.95. The van der Waals surface area contributed by atoms with Crippen molar-refractivity contribution in [2.24, 2.45) is 11.7 Å². The van der Waals surface area contributed by atoms with Crippen molar-refractivity contribution in [3.05, 3.63) is 30.8 Å². The zero-order chi connectivity index (χ0) is 16.1. The normalized spacial score (nSPS) is 13.5. The molecule has 2 aromatic rings. The Bertz CT molecular complexity index is 626. The minimum absolute atomic E-state index is 0.121. The van der Waals surface area contributed by atoms with E-state index >= 15 is 0 Å². The molecule has 2 rings (SSSR count). The fourth-order valence-corrected chi connectivity index (χ4v) is 2.06. The standard InChI is InChI=1S/C16H21N3O3/c1-4-10(2)15(17)16(20)19-11-5-6-12(13(7-11)21-3)14-8-18-9-22-14/h5-10,15H,4,17H2,1-3H3,(H,19,20)/t10-,15-/m1/s1. The predicted molar refractivity (Wildman–Crippen MR) is 84.6 cm³/mol. The van der Waals surface area contributed by atoms with Crippen molar-refractivity contribution >= 4 is 11.6 Å². The minimum atomic E-state index is -0.537. The van der Waals surface area contributed by atoms with Gasteiger partial charge in [0.1, 0.15) is 5.75 Å². The third kappa shape index (κ3) is 3.46. The number of oxazole rings is 1. The number of methoxy groups -OCH3 is 1. The van der Waals surface area contributed by atoms with Gasteiger partial charge in [0.15, 0.2) is 12.2 Å². The summed E-state index contributed by atoms with van der Waals surface area (Å²) >= 11 is 0. The highest BCUT2D eigenvalue weighted by Crippen LogP contribution is 2.32. The van der Waals surface area contributed by atoms with Gasteiger partial charge >= 0.3 is 0 Å². The van der Waals surface area contributed by atoms with Gasteiger partial charge in [-0.3, -0.25) is 4.79 Å². The maximum atomic E-state index is 12.1. The van der Waals surface area contributed by atoms with Crippen LogP contribution in [0.3, 0.4) is 0 Å². The van der Waals surface area contributed by atoms with Crippen molar-refractivity contribution in [1.82, 2.24) is 4.98 Å². The van der Waals surface area contributed by atoms with Crippen LogP contribution < -0.4 is 15.8 Å². The van der Waals surface area contributed by atoms with Crippen LogP contribution in [0.4, 0.5) is 5.69 Å². The highest BCUT2D eigenvalue weighted by atomic mass is 16.5. The van der Waals surface area contributed by atoms with Crippen LogP contribution in [0.1, 0.15) is 20.3 Å². The van der Waals surface area contributed by atoms with Crippen molar-refractivity contribution < 1.29 is 13.9 Å². The summed E-state index contributed by atoms with van der Waals surface area (Å²) in [5, 5.41) is 2.81. The first-order valence-electron chi connectivity index (χ1n) is 7.20. The molecule has 0 aliphatic rings. The molecular weight excluding hydrogens is 282 g/mol. The molecule has 2 atom stereocenters. The topological polar surface area (TPSA) is 90.4 Å². The van der Waals surface area contributed by atoms with E-state index < -0.39 is 6.04 Å². The summed E-state index contributed by atoms with van der Waals surface area (Å²) in [5.74, 6) is 1.11. The molecule has 118 valence electrons. The zero-order valence-corrected chi connectivity index (χ0v) is 13.0. The highest BCUT2D eigenvalue weighted by Gasteiger charge is 2.20. The number of aromatic nitrogens is 1. The lowest BCUT2D eigenvalue weighted by molar-refractivity contribution is -0.118. The SMILES string of the molecule is CC[C@@H](C)[C@@H](N)C(=O)Nc1ccc(-c2cnco2)c(OC)c1. The summed E-state index contributed by atoms with van der Waals surface area (Å²) in [6.07, 6.45) is 3.81. The van der Waals surface area contributed by atoms with Gasteiger partial charge in [0.25, 0.3) is 0 Å². The summed E-state index contributed by atoms with van der Waals surface area (Å²) in [4.78, 5) is 16.0. The number of ether oxygens (including phenoxy) is 1. The summed E-state index contributed by atoms with van der Waals surface area (Å²) in [7, 11) is 1.56. The molecule has 0 fully saturated rings. The molecule has 1 aromatic carbocycles. The number of hydrogen-bond acceptors (Lipinski definition) is 5. The Balaban J connectivity index is 2.18. The quantitative estimate of drug-likeness (QED) is 0.856. The van der Waals surface area contributed by atoms with Gasteiger partial charge in [-0.05, 0) is 18.1 Å². The van der Waals surface area contributed by atoms with Crippen LogP contribution in [0.5, 0.6) is 5.75 Å². The van der Waals surface area contributed by atoms with Gasteiger partial charge in [0.2, 0.25) is 5.91 Å². The van der Waals surface area contributed by atoms with Crippen LogP contribution in [-0.4, -0.2) is 24.0 Å². The van der Waals surface area contributed by atoms with Gasteiger partial charge < -0.3 is 20.2 Å². The van der Waals surface area contributed by atoms with Crippen LogP contribution in [0, 0.1) is 5.92 Å². The smallest absolute Gasteiger partial charge is 0.241 e. The molecule has 22 heavy (non-hydrogen) atoms. The number of carbonyl (C=O) groups excluding carboxylic acids is 1. The molecule has 0 bridgehead atoms. The summed E-state index contributed by atoms with van der Waals surface area (Å²) in [6, 6.07) is 4.79. The van der Waals surface area contributed by atoms with Gasteiger partial charge in [-0.2, -0.15) is 0 Å². The van der Waals surface area contributed by atoms with Crippen LogP contribution >= 0.6 is 0 Å². The lowest BCUT2D eigenvalue weighted by atomic mass is 9.99. The fourth-order valence-electron chi connectivity index (χ4n) is 2.06. The number of hydrogen-bond donors (Lipinski definition) is 2. The molecule has 6 nitrogen and oxygen atoms in total. The predicted octanol–water partition coefficient (Wildman–Crippen LogP) is 2.66. The van der Waals surface area contributed by atoms with E-state index in [-0.39, 0.29) is 11.8 Å². The van der Waals surface area contributed by atoms with Crippen molar-refractivity contribution in [1.29, 1.82) is 0 Å². The second kappa shape index (κ2) is 7.09. The largest absolute Gasteiger partial charge is 0.496 e. The maximum Gasteiger partial charge on any atom is 0.241 e. The van der Waals surface area contributed by atoms with Gasteiger partial charge in [0.05, 0.1) is 24.9 Å². The van der Waals surface area contributed by atoms with E-state index in [2.05, 4.69) is 10.3 Å². The molecule has 0 saturated carbocycles. The molecule has 1 aromatic heterocycles. The second-order valence-electron chi connectivity index (χ2n) is 5.18. The summed E-state index contributed by atoms with van der Waals surface area (Å²) in [6.45, 7) is 3.96. The molecular formula is C16H21N3O3. The lowest BCUT2D eigenvalue weighted by Gasteiger charge is -2.18. The Kier molecular flexibility index (Phi) is 5.16. The van der Waals surface area contributed by atoms with Crippen molar-refractivity contribution in [3.8, 4) is 17.1 Å². The number of anilines is 1. The molecule has 1 amide bonds. The third-order valence-corrected chi connectivity index (χ3v) is 3.73. The number of nitrogens with two attached hydrogens (primary N) is 1. The molecule has 0 saturated heterocycles. The Morgan fingerprint density at radius 2 is 2.27 bits per heavy atom. The van der Waals surface area contributed by atoms with E-state index in [9.17, 15) is 4.79 Å². The van der Waals surface area contributed by atoms with Crippen LogP contribution in [-0.2, 0) is 4.79 Å². The third-order valence-electron chi connectivity index (χ3n) is 3.73. The van der Waals surface area contributed by atoms with Crippen LogP contribution in [0.25, 0.3) is 11.3 Å². The van der Waals surface area contributed by atoms with Crippen molar-refractivity contribution in [2.75, 3.05) is 12.4 Å². The molecule has 0 unspecified atom stereocenters. The minimum Gasteiger partial charge on any atom is -0.496 e. The number of amides is 1. The number of rotatable bonds is 6. The Labute approximate surface area is 129 Å². The number of nitrogens with one attached hydrogen (secondary N) is 1. The van der Waals surface area contributed by atoms with Gasteiger partial charge in [-0.25, -0.2) is 4.98 Å². The van der Waals surface area contributed by atoms with E-state index in [0.717, 1.165) is 12.0 Å². The van der Waals surface area contributed by atoms with E-state index in [0.29, 0.717) is 17.2 Å². The molecule has 1 heterocycles. The molecule has 0 radical (unpaired) electrons. The summed E-state index contributed by atoms with van der Waals surface area (Å²) in [5.41, 5.74) is 7.33. The average molecular weight is 303 g/mol. The summed E-state index contributed by atoms with van der Waals surface area (Å²) < 4.78 is 10.6. The Morgan fingerprint density at radius 3 is 2.86 bits per heavy atom. The first-order chi connectivity index (χ1) is 10.6. The lowest BCUT2D eigenvalue weighted by Crippen LogP contribution is -2.40. The number of benzene rings is 1. The van der Waals surface area contributed by atoms with E-state index in [1.165, 1.54) is 6.39 Å². The van der Waals surface area contributed by atoms with E-state index in [4.69, 9.17) is 14.9 Å². The van der Waals surface area contributed by atoms with Crippen molar-refractivity contribution in [2.45, 2.75) is 26.3 Å². The van der Waals surface area contributed by atoms with Gasteiger partial charge in [0, 0.05) is 11.8 Å². The maximum absolute atomic E-state index is 12.1. The van der Waals surface area contributed by atoms with Gasteiger partial charge in [-0.15, -0.1) is 0 Å². The van der Waals surface area contributed by atoms with E-state index in [1.54, 1.807) is 25.4 Å². The number of carbonyl (C=O) groups is 1. The van der Waals surface area contributed by atoms with Crippen LogP contribution in [0.2, 0.25) is 0 Å². The molecule has 3 N–H and O–H groups in total. The fraction of sp³-hybridized carbons (Fsp3) is 0.375. The van der Waals surface area contributed by atoms with Crippen LogP contribution in [0.15, 0.2) is 35.2 Å². The molecule has 0 aliphatic heterocycles. The molecule has 6 heteroatoms. The molecule has 0 aliphatic carbocycles. The zero-order valence-electron chi connectivity index (χ0n) is 13.0. The first kappa shape index (κ1) is 16.0. The van der Waals surface area contributed by atoms with E-state index in [1.807, 2.05) is 19.9 Å². The van der Waals surface area contributed by atoms with Crippen molar-refractivity contribution in [3.63, 3.8) is 0 Å². The molecule has 0 spiro atoms. The monoisotopic (exact) mass is 303 g/mol. The van der Waals surface area contributed by atoms with Gasteiger partial charge in [-0.1, -0.05) is 20.3 Å². The Hall–Kier alpha value is -2.34. The Morgan fingerprint density at radius 1 is 1.50 bits per heavy atom. The average Bonchev–Trinajstić information content (AvgIpc) is 3.07. The number of nitrogens with zero attached hydrogens (tertiary/aromatic N) is 1. The first-order valence-corrected chi connectivity index (χ1v) is 7.20.